The number of rotatable bonds is 8. The summed E-state index contributed by atoms with van der Waals surface area (Å²) in [5.41, 5.74) is 0.681. The quantitative estimate of drug-likeness (QED) is 0.618. The zero-order valence-electron chi connectivity index (χ0n) is 18.9. The number of hydrogen-bond acceptors (Lipinski definition) is 5. The summed E-state index contributed by atoms with van der Waals surface area (Å²) in [6.45, 7) is 11.6. The lowest BCUT2D eigenvalue weighted by Crippen LogP contribution is -2.59. The summed E-state index contributed by atoms with van der Waals surface area (Å²) in [6, 6.07) is 7.40. The standard InChI is InChI=1S/C22H33FN4O2S2/c1-16-6-7-17(14-25-16)20(2,3)27-13-12-22(15-27,21(4,5)26-31(24,28)29)11-10-18-8-9-19(23)30-18/h6-9,14,26H,10-13,15H2,1-5H3,(H2,24,28,29)/t22-/m1/s1. The highest BCUT2D eigenvalue weighted by molar-refractivity contribution is 7.87. The molecule has 0 spiro atoms. The summed E-state index contributed by atoms with van der Waals surface area (Å²) in [5, 5.41) is 5.17. The molecule has 0 aromatic carbocycles. The molecule has 1 aliphatic rings. The van der Waals surface area contributed by atoms with E-state index in [1.165, 1.54) is 6.07 Å². The predicted molar refractivity (Wildman–Crippen MR) is 124 cm³/mol. The molecule has 3 N–H and O–H groups in total. The monoisotopic (exact) mass is 468 g/mol. The Bertz CT molecular complexity index is 1020. The van der Waals surface area contributed by atoms with Gasteiger partial charge in [0, 0.05) is 39.8 Å². The molecule has 1 aliphatic heterocycles. The second-order valence-electron chi connectivity index (χ2n) is 9.68. The van der Waals surface area contributed by atoms with Crippen LogP contribution < -0.4 is 9.86 Å². The van der Waals surface area contributed by atoms with Crippen LogP contribution in [0.3, 0.4) is 0 Å². The van der Waals surface area contributed by atoms with E-state index in [4.69, 9.17) is 5.14 Å². The number of nitrogens with zero attached hydrogens (tertiary/aromatic N) is 2. The van der Waals surface area contributed by atoms with E-state index in [9.17, 15) is 12.8 Å². The smallest absolute Gasteiger partial charge is 0.274 e. The molecule has 172 valence electrons. The van der Waals surface area contributed by atoms with Crippen molar-refractivity contribution in [2.75, 3.05) is 13.1 Å². The number of nitrogens with one attached hydrogen (secondary N) is 1. The first-order valence-corrected chi connectivity index (χ1v) is 12.8. The van der Waals surface area contributed by atoms with Crippen molar-refractivity contribution in [2.45, 2.75) is 65.0 Å². The van der Waals surface area contributed by atoms with Crippen LogP contribution in [0.5, 0.6) is 0 Å². The normalized spacial score (nSPS) is 21.0. The maximum atomic E-state index is 13.5. The molecule has 1 fully saturated rings. The van der Waals surface area contributed by atoms with E-state index in [1.807, 2.05) is 39.1 Å². The van der Waals surface area contributed by atoms with Gasteiger partial charge in [-0.2, -0.15) is 17.5 Å². The molecule has 0 bridgehead atoms. The van der Waals surface area contributed by atoms with Crippen LogP contribution in [0.15, 0.2) is 30.5 Å². The summed E-state index contributed by atoms with van der Waals surface area (Å²) in [7, 11) is -3.88. The molecule has 0 radical (unpaired) electrons. The lowest BCUT2D eigenvalue weighted by molar-refractivity contribution is 0.0852. The second-order valence-corrected chi connectivity index (χ2v) is 12.1. The highest BCUT2D eigenvalue weighted by atomic mass is 32.2. The van der Waals surface area contributed by atoms with E-state index in [1.54, 1.807) is 0 Å². The highest BCUT2D eigenvalue weighted by Gasteiger charge is 2.52. The molecule has 31 heavy (non-hydrogen) atoms. The first-order valence-electron chi connectivity index (χ1n) is 10.5. The molecule has 0 unspecified atom stereocenters. The fourth-order valence-electron chi connectivity index (χ4n) is 4.70. The van der Waals surface area contributed by atoms with Crippen molar-refractivity contribution in [1.82, 2.24) is 14.6 Å². The van der Waals surface area contributed by atoms with Gasteiger partial charge in [-0.3, -0.25) is 9.88 Å². The van der Waals surface area contributed by atoms with Gasteiger partial charge in [0.2, 0.25) is 0 Å². The van der Waals surface area contributed by atoms with Crippen LogP contribution in [0.25, 0.3) is 0 Å². The van der Waals surface area contributed by atoms with Crippen molar-refractivity contribution < 1.29 is 12.8 Å². The van der Waals surface area contributed by atoms with Crippen LogP contribution in [0.4, 0.5) is 4.39 Å². The second kappa shape index (κ2) is 8.51. The highest BCUT2D eigenvalue weighted by Crippen LogP contribution is 2.48. The minimum absolute atomic E-state index is 0.202. The van der Waals surface area contributed by atoms with Gasteiger partial charge in [0.05, 0.1) is 0 Å². The molecular weight excluding hydrogens is 435 g/mol. The Morgan fingerprint density at radius 3 is 2.52 bits per heavy atom. The van der Waals surface area contributed by atoms with Gasteiger partial charge in [-0.25, -0.2) is 5.14 Å². The number of hydrogen-bond donors (Lipinski definition) is 2. The Balaban J connectivity index is 1.90. The Morgan fingerprint density at radius 2 is 1.97 bits per heavy atom. The van der Waals surface area contributed by atoms with Crippen molar-refractivity contribution in [2.24, 2.45) is 10.6 Å². The molecule has 0 saturated carbocycles. The first-order chi connectivity index (χ1) is 14.2. The van der Waals surface area contributed by atoms with Crippen molar-refractivity contribution in [3.05, 3.63) is 51.7 Å². The third kappa shape index (κ3) is 5.34. The van der Waals surface area contributed by atoms with Gasteiger partial charge in [-0.05, 0) is 84.2 Å². The molecule has 3 heterocycles. The van der Waals surface area contributed by atoms with Crippen LogP contribution >= 0.6 is 11.3 Å². The van der Waals surface area contributed by atoms with Gasteiger partial charge in [0.1, 0.15) is 0 Å². The lowest BCUT2D eigenvalue weighted by atomic mass is 9.68. The van der Waals surface area contributed by atoms with Crippen LogP contribution in [-0.2, 0) is 22.2 Å². The topological polar surface area (TPSA) is 88.3 Å². The Hall–Kier alpha value is -1.39. The summed E-state index contributed by atoms with van der Waals surface area (Å²) in [5.74, 6) is 0. The number of nitrogens with two attached hydrogens (primary N) is 1. The predicted octanol–water partition coefficient (Wildman–Crippen LogP) is 3.72. The fourth-order valence-corrected chi connectivity index (χ4v) is 6.36. The summed E-state index contributed by atoms with van der Waals surface area (Å²) < 4.78 is 40.1. The Labute approximate surface area is 189 Å². The molecular formula is C22H33FN4O2S2. The van der Waals surface area contributed by atoms with Crippen molar-refractivity contribution in [3.63, 3.8) is 0 Å². The van der Waals surface area contributed by atoms with Crippen LogP contribution in [0, 0.1) is 17.5 Å². The molecule has 6 nitrogen and oxygen atoms in total. The van der Waals surface area contributed by atoms with Gasteiger partial charge in [-0.15, -0.1) is 11.3 Å². The number of thiophene rings is 1. The molecule has 1 saturated heterocycles. The number of halogens is 1. The van der Waals surface area contributed by atoms with E-state index >= 15 is 0 Å². The van der Waals surface area contributed by atoms with Gasteiger partial charge in [0.25, 0.3) is 10.2 Å². The van der Waals surface area contributed by atoms with E-state index in [0.717, 1.165) is 46.9 Å². The average molecular weight is 469 g/mol. The third-order valence-corrected chi connectivity index (χ3v) is 8.69. The molecule has 0 aliphatic carbocycles. The maximum Gasteiger partial charge on any atom is 0.274 e. The summed E-state index contributed by atoms with van der Waals surface area (Å²) in [4.78, 5) is 7.81. The largest absolute Gasteiger partial charge is 0.293 e. The summed E-state index contributed by atoms with van der Waals surface area (Å²) in [6.07, 6.45) is 4.13. The number of likely N-dealkylation sites (tertiary alicyclic amines) is 1. The average Bonchev–Trinajstić information content (AvgIpc) is 3.26. The number of aryl methyl sites for hydroxylation is 2. The first kappa shape index (κ1) is 24.3. The Kier molecular flexibility index (Phi) is 6.66. The molecule has 3 rings (SSSR count). The minimum atomic E-state index is -3.88. The molecule has 1 atom stereocenters. The van der Waals surface area contributed by atoms with Crippen LogP contribution in [0.1, 0.15) is 56.7 Å². The molecule has 2 aromatic rings. The maximum absolute atomic E-state index is 13.5. The minimum Gasteiger partial charge on any atom is -0.293 e. The van der Waals surface area contributed by atoms with Gasteiger partial charge < -0.3 is 0 Å². The number of aromatic nitrogens is 1. The van der Waals surface area contributed by atoms with Crippen molar-refractivity contribution in [1.29, 1.82) is 0 Å². The zero-order valence-corrected chi connectivity index (χ0v) is 20.5. The van der Waals surface area contributed by atoms with E-state index < -0.39 is 15.7 Å². The van der Waals surface area contributed by atoms with E-state index in [0.29, 0.717) is 13.0 Å². The number of pyridine rings is 1. The molecule has 0 amide bonds. The Morgan fingerprint density at radius 1 is 1.26 bits per heavy atom. The zero-order chi connectivity index (χ0) is 23.1. The van der Waals surface area contributed by atoms with Crippen LogP contribution in [0.2, 0.25) is 0 Å². The van der Waals surface area contributed by atoms with Gasteiger partial charge in [-0.1, -0.05) is 6.07 Å². The van der Waals surface area contributed by atoms with Gasteiger partial charge in [0.15, 0.2) is 5.13 Å². The fraction of sp³-hybridized carbons (Fsp3) is 0.591. The SMILES string of the molecule is Cc1ccc(C(C)(C)N2CC[C@@](CCc3ccc(F)s3)(C(C)(C)NS(N)(=O)=O)C2)cn1. The third-order valence-electron chi connectivity index (χ3n) is 6.96. The van der Waals surface area contributed by atoms with E-state index in [-0.39, 0.29) is 16.1 Å². The van der Waals surface area contributed by atoms with Crippen molar-refractivity contribution in [3.8, 4) is 0 Å². The molecule has 2 aromatic heterocycles. The molecule has 9 heteroatoms. The van der Waals surface area contributed by atoms with Crippen molar-refractivity contribution >= 4 is 21.5 Å². The van der Waals surface area contributed by atoms with E-state index in [2.05, 4.69) is 34.5 Å². The van der Waals surface area contributed by atoms with Gasteiger partial charge >= 0.3 is 0 Å². The summed E-state index contributed by atoms with van der Waals surface area (Å²) >= 11 is 1.15. The lowest BCUT2D eigenvalue weighted by Gasteiger charge is -2.46. The van der Waals surface area contributed by atoms with Crippen LogP contribution in [-0.4, -0.2) is 36.9 Å².